The summed E-state index contributed by atoms with van der Waals surface area (Å²) in [7, 11) is 0. The first-order chi connectivity index (χ1) is 11.3. The van der Waals surface area contributed by atoms with Gasteiger partial charge in [0.15, 0.2) is 0 Å². The Bertz CT molecular complexity index is 642. The minimum atomic E-state index is -0.179. The lowest BCUT2D eigenvalue weighted by Crippen LogP contribution is -2.32. The molecule has 0 aromatic carbocycles. The normalized spacial score (nSPS) is 17.0. The maximum absolute atomic E-state index is 12.2. The SMILES string of the molecule is O=C(NCC1CCCO1)c1cc(NCc2ccccn2)ccn1. The molecule has 23 heavy (non-hydrogen) atoms. The molecule has 3 heterocycles. The molecule has 0 bridgehead atoms. The quantitative estimate of drug-likeness (QED) is 0.853. The number of pyridine rings is 2. The van der Waals surface area contributed by atoms with Crippen molar-refractivity contribution in [3.05, 3.63) is 54.1 Å². The minimum Gasteiger partial charge on any atom is -0.379 e. The Morgan fingerprint density at radius 1 is 1.26 bits per heavy atom. The van der Waals surface area contributed by atoms with Crippen molar-refractivity contribution < 1.29 is 9.53 Å². The number of hydrogen-bond acceptors (Lipinski definition) is 5. The van der Waals surface area contributed by atoms with Crippen LogP contribution in [0.15, 0.2) is 42.7 Å². The molecule has 2 aromatic heterocycles. The minimum absolute atomic E-state index is 0.129. The highest BCUT2D eigenvalue weighted by atomic mass is 16.5. The molecule has 120 valence electrons. The fourth-order valence-electron chi connectivity index (χ4n) is 2.46. The van der Waals surface area contributed by atoms with Crippen molar-refractivity contribution in [2.45, 2.75) is 25.5 Å². The molecule has 0 aliphatic carbocycles. The maximum atomic E-state index is 12.2. The lowest BCUT2D eigenvalue weighted by atomic mass is 10.2. The molecule has 1 unspecified atom stereocenters. The van der Waals surface area contributed by atoms with Gasteiger partial charge in [-0.05, 0) is 37.1 Å². The molecule has 3 rings (SSSR count). The predicted molar refractivity (Wildman–Crippen MR) is 87.1 cm³/mol. The molecule has 1 atom stereocenters. The standard InChI is InChI=1S/C17H20N4O2/c22-17(21-12-15-5-3-9-23-15)16-10-13(6-8-19-16)20-11-14-4-1-2-7-18-14/h1-2,4,6-8,10,15H,3,5,9,11-12H2,(H,19,20)(H,21,22). The Hall–Kier alpha value is -2.47. The lowest BCUT2D eigenvalue weighted by molar-refractivity contribution is 0.0854. The average Bonchev–Trinajstić information content (AvgIpc) is 3.12. The molecule has 1 saturated heterocycles. The zero-order valence-corrected chi connectivity index (χ0v) is 12.9. The van der Waals surface area contributed by atoms with Crippen molar-refractivity contribution in [1.82, 2.24) is 15.3 Å². The topological polar surface area (TPSA) is 76.1 Å². The molecular weight excluding hydrogens is 292 g/mol. The molecule has 0 spiro atoms. The molecule has 1 aliphatic rings. The Balaban J connectivity index is 1.54. The highest BCUT2D eigenvalue weighted by Crippen LogP contribution is 2.12. The van der Waals surface area contributed by atoms with E-state index in [1.54, 1.807) is 18.5 Å². The van der Waals surface area contributed by atoms with E-state index in [1.807, 2.05) is 24.3 Å². The number of carbonyl (C=O) groups is 1. The van der Waals surface area contributed by atoms with Crippen molar-refractivity contribution in [2.24, 2.45) is 0 Å². The van der Waals surface area contributed by atoms with Gasteiger partial charge in [0, 0.05) is 31.2 Å². The van der Waals surface area contributed by atoms with Crippen LogP contribution < -0.4 is 10.6 Å². The van der Waals surface area contributed by atoms with Crippen LogP contribution in [-0.4, -0.2) is 35.1 Å². The summed E-state index contributed by atoms with van der Waals surface area (Å²) in [6.07, 6.45) is 5.57. The monoisotopic (exact) mass is 312 g/mol. The van der Waals surface area contributed by atoms with Gasteiger partial charge in [0.1, 0.15) is 5.69 Å². The Kier molecular flexibility index (Phi) is 5.16. The van der Waals surface area contributed by atoms with Gasteiger partial charge in [0.05, 0.1) is 18.3 Å². The van der Waals surface area contributed by atoms with Crippen molar-refractivity contribution >= 4 is 11.6 Å². The average molecular weight is 312 g/mol. The first-order valence-electron chi connectivity index (χ1n) is 7.81. The lowest BCUT2D eigenvalue weighted by Gasteiger charge is -2.11. The number of nitrogens with zero attached hydrogens (tertiary/aromatic N) is 2. The smallest absolute Gasteiger partial charge is 0.270 e. The zero-order chi connectivity index (χ0) is 15.9. The summed E-state index contributed by atoms with van der Waals surface area (Å²) in [6.45, 7) is 1.92. The third-order valence-electron chi connectivity index (χ3n) is 3.71. The number of hydrogen-bond donors (Lipinski definition) is 2. The molecule has 6 nitrogen and oxygen atoms in total. The second-order valence-corrected chi connectivity index (χ2v) is 5.45. The summed E-state index contributed by atoms with van der Waals surface area (Å²) in [5.41, 5.74) is 2.18. The van der Waals surface area contributed by atoms with Gasteiger partial charge in [-0.2, -0.15) is 0 Å². The predicted octanol–water partition coefficient (Wildman–Crippen LogP) is 2.00. The van der Waals surface area contributed by atoms with Crippen LogP contribution >= 0.6 is 0 Å². The van der Waals surface area contributed by atoms with E-state index in [2.05, 4.69) is 20.6 Å². The number of ether oxygens (including phenoxy) is 1. The number of aromatic nitrogens is 2. The van der Waals surface area contributed by atoms with Crippen LogP contribution in [-0.2, 0) is 11.3 Å². The fourth-order valence-corrected chi connectivity index (χ4v) is 2.46. The fraction of sp³-hybridized carbons (Fsp3) is 0.353. The number of rotatable bonds is 6. The van der Waals surface area contributed by atoms with Gasteiger partial charge >= 0.3 is 0 Å². The molecule has 2 aromatic rings. The number of anilines is 1. The van der Waals surface area contributed by atoms with Crippen molar-refractivity contribution in [2.75, 3.05) is 18.5 Å². The van der Waals surface area contributed by atoms with Crippen LogP contribution in [0.25, 0.3) is 0 Å². The van der Waals surface area contributed by atoms with Crippen LogP contribution in [0, 0.1) is 0 Å². The first kappa shape index (κ1) is 15.4. The van der Waals surface area contributed by atoms with E-state index < -0.39 is 0 Å². The van der Waals surface area contributed by atoms with E-state index in [4.69, 9.17) is 4.74 Å². The summed E-state index contributed by atoms with van der Waals surface area (Å²) in [4.78, 5) is 20.5. The van der Waals surface area contributed by atoms with Crippen LogP contribution in [0.5, 0.6) is 0 Å². The van der Waals surface area contributed by atoms with Crippen molar-refractivity contribution in [1.29, 1.82) is 0 Å². The van der Waals surface area contributed by atoms with E-state index in [9.17, 15) is 4.79 Å². The van der Waals surface area contributed by atoms with Gasteiger partial charge in [-0.1, -0.05) is 6.07 Å². The van der Waals surface area contributed by atoms with Gasteiger partial charge in [0.25, 0.3) is 5.91 Å². The van der Waals surface area contributed by atoms with E-state index >= 15 is 0 Å². The third-order valence-corrected chi connectivity index (χ3v) is 3.71. The van der Waals surface area contributed by atoms with E-state index in [-0.39, 0.29) is 12.0 Å². The Morgan fingerprint density at radius 2 is 2.22 bits per heavy atom. The largest absolute Gasteiger partial charge is 0.379 e. The Labute approximate surface area is 135 Å². The van der Waals surface area contributed by atoms with Crippen LogP contribution in [0.2, 0.25) is 0 Å². The molecule has 2 N–H and O–H groups in total. The second-order valence-electron chi connectivity index (χ2n) is 5.45. The van der Waals surface area contributed by atoms with Crippen LogP contribution in [0.3, 0.4) is 0 Å². The first-order valence-corrected chi connectivity index (χ1v) is 7.81. The molecular formula is C17H20N4O2. The van der Waals surface area contributed by atoms with E-state index in [1.165, 1.54) is 0 Å². The van der Waals surface area contributed by atoms with Gasteiger partial charge in [-0.3, -0.25) is 14.8 Å². The summed E-state index contributed by atoms with van der Waals surface area (Å²) in [5, 5.41) is 6.12. The summed E-state index contributed by atoms with van der Waals surface area (Å²) in [5.74, 6) is -0.179. The molecule has 1 amide bonds. The second kappa shape index (κ2) is 7.69. The molecule has 1 fully saturated rings. The zero-order valence-electron chi connectivity index (χ0n) is 12.9. The van der Waals surface area contributed by atoms with Gasteiger partial charge in [0.2, 0.25) is 0 Å². The van der Waals surface area contributed by atoms with Crippen molar-refractivity contribution in [3.8, 4) is 0 Å². The van der Waals surface area contributed by atoms with E-state index in [0.717, 1.165) is 30.8 Å². The molecule has 0 radical (unpaired) electrons. The Morgan fingerprint density at radius 3 is 3.00 bits per heavy atom. The number of nitrogens with one attached hydrogen (secondary N) is 2. The number of carbonyl (C=O) groups excluding carboxylic acids is 1. The highest BCUT2D eigenvalue weighted by molar-refractivity contribution is 5.93. The van der Waals surface area contributed by atoms with Gasteiger partial charge in [-0.25, -0.2) is 0 Å². The van der Waals surface area contributed by atoms with Gasteiger partial charge < -0.3 is 15.4 Å². The van der Waals surface area contributed by atoms with Crippen LogP contribution in [0.4, 0.5) is 5.69 Å². The summed E-state index contributed by atoms with van der Waals surface area (Å²) >= 11 is 0. The van der Waals surface area contributed by atoms with Gasteiger partial charge in [-0.15, -0.1) is 0 Å². The van der Waals surface area contributed by atoms with E-state index in [0.29, 0.717) is 18.8 Å². The molecule has 6 heteroatoms. The third kappa shape index (κ3) is 4.50. The molecule has 1 aliphatic heterocycles. The highest BCUT2D eigenvalue weighted by Gasteiger charge is 2.17. The van der Waals surface area contributed by atoms with Crippen molar-refractivity contribution in [3.63, 3.8) is 0 Å². The van der Waals surface area contributed by atoms with Crippen LogP contribution in [0.1, 0.15) is 29.0 Å². The number of amides is 1. The summed E-state index contributed by atoms with van der Waals surface area (Å²) < 4.78 is 5.50. The maximum Gasteiger partial charge on any atom is 0.270 e. The molecule has 0 saturated carbocycles. The summed E-state index contributed by atoms with van der Waals surface area (Å²) in [6, 6.07) is 9.35.